The number of benzene rings is 2. The molecule has 7 nitrogen and oxygen atoms in total. The molecule has 2 aliphatic rings. The number of nitrogens with zero attached hydrogens (tertiary/aromatic N) is 1. The first-order valence-electron chi connectivity index (χ1n) is 10.4. The fraction of sp³-hybridized carbons (Fsp3) is 0.333. The largest absolute Gasteiger partial charge is 0.496 e. The number of likely N-dealkylation sites (tertiary alicyclic amines) is 1. The zero-order valence-electron chi connectivity index (χ0n) is 18.3. The number of ether oxygens (including phenoxy) is 4. The minimum Gasteiger partial charge on any atom is -0.496 e. The number of allylic oxidation sites excluding steroid dienone is 1. The Labute approximate surface area is 191 Å². The van der Waals surface area contributed by atoms with Crippen LogP contribution < -0.4 is 18.9 Å². The summed E-state index contributed by atoms with van der Waals surface area (Å²) in [5.41, 5.74) is 1.11. The molecule has 1 fully saturated rings. The number of amides is 1. The number of para-hydroxylation sites is 1. The number of fused-ring (bicyclic) bond motifs is 1. The van der Waals surface area contributed by atoms with Gasteiger partial charge in [-0.3, -0.25) is 4.79 Å². The molecule has 0 saturated carbocycles. The third kappa shape index (κ3) is 4.14. The molecule has 1 saturated heterocycles. The Morgan fingerprint density at radius 3 is 2.34 bits per heavy atom. The van der Waals surface area contributed by atoms with E-state index in [9.17, 15) is 9.59 Å². The normalized spacial score (nSPS) is 16.7. The van der Waals surface area contributed by atoms with E-state index in [1.54, 1.807) is 43.4 Å². The van der Waals surface area contributed by atoms with Crippen LogP contribution in [-0.2, 0) is 0 Å². The average Bonchev–Trinajstić information content (AvgIpc) is 3.16. The van der Waals surface area contributed by atoms with E-state index in [2.05, 4.69) is 0 Å². The maximum absolute atomic E-state index is 13.3. The summed E-state index contributed by atoms with van der Waals surface area (Å²) in [4.78, 5) is 28.7. The number of rotatable bonds is 5. The summed E-state index contributed by atoms with van der Waals surface area (Å²) in [5, 5.41) is 0. The van der Waals surface area contributed by atoms with Gasteiger partial charge in [-0.1, -0.05) is 23.9 Å². The van der Waals surface area contributed by atoms with Crippen molar-refractivity contribution in [3.05, 3.63) is 46.4 Å². The molecule has 0 bridgehead atoms. The molecule has 0 radical (unpaired) electrons. The van der Waals surface area contributed by atoms with Crippen molar-refractivity contribution >= 4 is 29.7 Å². The van der Waals surface area contributed by atoms with Gasteiger partial charge in [-0.05, 0) is 43.5 Å². The molecule has 1 amide bonds. The lowest BCUT2D eigenvalue weighted by molar-refractivity contribution is 0.103. The van der Waals surface area contributed by atoms with Crippen LogP contribution in [0.3, 0.4) is 0 Å². The molecule has 4 rings (SSSR count). The third-order valence-electron chi connectivity index (χ3n) is 5.50. The standard InChI is InChI=1S/C24H25NO6S/c1-28-16-10-11-18(31-24(27)25-12-5-4-6-13-25)23-20(16)21(26)19(32-23)14-15-8-7-9-17(29-2)22(15)30-3/h7-11,14H,4-6,12-13H2,1-3H3/b19-14-. The van der Waals surface area contributed by atoms with E-state index in [0.717, 1.165) is 19.3 Å². The SMILES string of the molecule is COc1cccc(/C=C2\Sc3c(OC(=O)N4CCCCC4)ccc(OC)c3C2=O)c1OC. The minimum absolute atomic E-state index is 0.192. The van der Waals surface area contributed by atoms with Crippen molar-refractivity contribution in [2.45, 2.75) is 24.2 Å². The molecular weight excluding hydrogens is 430 g/mol. The number of hydrogen-bond donors (Lipinski definition) is 0. The first-order valence-corrected chi connectivity index (χ1v) is 11.2. The van der Waals surface area contributed by atoms with Gasteiger partial charge in [-0.15, -0.1) is 0 Å². The van der Waals surface area contributed by atoms with E-state index in [-0.39, 0.29) is 5.78 Å². The number of thioether (sulfide) groups is 1. The second kappa shape index (κ2) is 9.56. The van der Waals surface area contributed by atoms with Crippen molar-refractivity contribution in [1.82, 2.24) is 4.90 Å². The molecule has 0 N–H and O–H groups in total. The highest BCUT2D eigenvalue weighted by Crippen LogP contribution is 2.50. The van der Waals surface area contributed by atoms with Gasteiger partial charge in [-0.2, -0.15) is 0 Å². The van der Waals surface area contributed by atoms with Crippen molar-refractivity contribution < 1.29 is 28.5 Å². The molecule has 0 aromatic heterocycles. The van der Waals surface area contributed by atoms with Crippen molar-refractivity contribution in [3.8, 4) is 23.0 Å². The van der Waals surface area contributed by atoms with Crippen LogP contribution in [0.2, 0.25) is 0 Å². The second-order valence-electron chi connectivity index (χ2n) is 7.41. The zero-order valence-corrected chi connectivity index (χ0v) is 19.1. The molecule has 32 heavy (non-hydrogen) atoms. The van der Waals surface area contributed by atoms with Crippen LogP contribution in [0, 0.1) is 0 Å². The number of carbonyl (C=O) groups excluding carboxylic acids is 2. The van der Waals surface area contributed by atoms with E-state index in [1.807, 2.05) is 12.1 Å². The zero-order chi connectivity index (χ0) is 22.7. The Hall–Kier alpha value is -3.13. The van der Waals surface area contributed by atoms with Gasteiger partial charge in [0.05, 0.1) is 36.7 Å². The maximum Gasteiger partial charge on any atom is 0.415 e. The molecule has 2 aromatic rings. The molecule has 8 heteroatoms. The summed E-state index contributed by atoms with van der Waals surface area (Å²) >= 11 is 1.26. The highest BCUT2D eigenvalue weighted by Gasteiger charge is 2.34. The molecule has 0 spiro atoms. The van der Waals surface area contributed by atoms with Crippen LogP contribution in [-0.4, -0.2) is 51.2 Å². The van der Waals surface area contributed by atoms with Crippen LogP contribution in [0.5, 0.6) is 23.0 Å². The van der Waals surface area contributed by atoms with Crippen LogP contribution in [0.4, 0.5) is 4.79 Å². The molecule has 0 unspecified atom stereocenters. The number of carbonyl (C=O) groups is 2. The van der Waals surface area contributed by atoms with Crippen molar-refractivity contribution in [2.24, 2.45) is 0 Å². The summed E-state index contributed by atoms with van der Waals surface area (Å²) in [6.45, 7) is 1.37. The van der Waals surface area contributed by atoms with Crippen molar-refractivity contribution in [3.63, 3.8) is 0 Å². The number of Topliss-reactive ketones (excluding diaryl/α,β-unsaturated/α-hetero) is 1. The van der Waals surface area contributed by atoms with Crippen LogP contribution in [0.25, 0.3) is 6.08 Å². The lowest BCUT2D eigenvalue weighted by atomic mass is 10.1. The van der Waals surface area contributed by atoms with Gasteiger partial charge in [0.15, 0.2) is 11.5 Å². The Bertz CT molecular complexity index is 1070. The second-order valence-corrected chi connectivity index (χ2v) is 8.46. The fourth-order valence-corrected chi connectivity index (χ4v) is 5.00. The summed E-state index contributed by atoms with van der Waals surface area (Å²) in [6.07, 6.45) is 4.42. The topological polar surface area (TPSA) is 74.3 Å². The third-order valence-corrected chi connectivity index (χ3v) is 6.63. The van der Waals surface area contributed by atoms with Gasteiger partial charge in [0.25, 0.3) is 0 Å². The molecule has 2 heterocycles. The highest BCUT2D eigenvalue weighted by molar-refractivity contribution is 8.05. The fourth-order valence-electron chi connectivity index (χ4n) is 3.89. The number of piperidine rings is 1. The quantitative estimate of drug-likeness (QED) is 0.586. The molecule has 0 aliphatic carbocycles. The highest BCUT2D eigenvalue weighted by atomic mass is 32.2. The summed E-state index contributed by atoms with van der Waals surface area (Å²) in [5.74, 6) is 1.72. The molecule has 168 valence electrons. The molecule has 2 aliphatic heterocycles. The Kier molecular flexibility index (Phi) is 6.60. The van der Waals surface area contributed by atoms with Crippen LogP contribution >= 0.6 is 11.8 Å². The lowest BCUT2D eigenvalue weighted by Crippen LogP contribution is -2.37. The minimum atomic E-state index is -0.392. The van der Waals surface area contributed by atoms with E-state index in [4.69, 9.17) is 18.9 Å². The van der Waals surface area contributed by atoms with Gasteiger partial charge in [0, 0.05) is 18.7 Å². The van der Waals surface area contributed by atoms with Crippen molar-refractivity contribution in [1.29, 1.82) is 0 Å². The monoisotopic (exact) mass is 455 g/mol. The van der Waals surface area contributed by atoms with E-state index in [0.29, 0.717) is 57.0 Å². The number of hydrogen-bond acceptors (Lipinski definition) is 7. The van der Waals surface area contributed by atoms with Gasteiger partial charge >= 0.3 is 6.09 Å². The van der Waals surface area contributed by atoms with E-state index < -0.39 is 6.09 Å². The maximum atomic E-state index is 13.3. The predicted molar refractivity (Wildman–Crippen MR) is 122 cm³/mol. The molecular formula is C24H25NO6S. The van der Waals surface area contributed by atoms with Crippen LogP contribution in [0.15, 0.2) is 40.1 Å². The van der Waals surface area contributed by atoms with E-state index in [1.165, 1.54) is 18.9 Å². The molecule has 0 atom stereocenters. The van der Waals surface area contributed by atoms with E-state index >= 15 is 0 Å². The smallest absolute Gasteiger partial charge is 0.415 e. The Balaban J connectivity index is 1.68. The van der Waals surface area contributed by atoms with Crippen LogP contribution in [0.1, 0.15) is 35.2 Å². The Morgan fingerprint density at radius 1 is 0.938 bits per heavy atom. The van der Waals surface area contributed by atoms with Gasteiger partial charge in [-0.25, -0.2) is 4.79 Å². The van der Waals surface area contributed by atoms with Gasteiger partial charge in [0.2, 0.25) is 5.78 Å². The number of methoxy groups -OCH3 is 3. The predicted octanol–water partition coefficient (Wildman–Crippen LogP) is 5.03. The van der Waals surface area contributed by atoms with Gasteiger partial charge in [0.1, 0.15) is 11.5 Å². The first-order chi connectivity index (χ1) is 15.6. The lowest BCUT2D eigenvalue weighted by Gasteiger charge is -2.26. The van der Waals surface area contributed by atoms with Gasteiger partial charge < -0.3 is 23.8 Å². The summed E-state index contributed by atoms with van der Waals surface area (Å²) < 4.78 is 22.0. The Morgan fingerprint density at radius 2 is 1.66 bits per heavy atom. The summed E-state index contributed by atoms with van der Waals surface area (Å²) in [6, 6.07) is 8.80. The molecule has 2 aromatic carbocycles. The summed E-state index contributed by atoms with van der Waals surface area (Å²) in [7, 11) is 4.63. The first kappa shape index (κ1) is 22.1. The number of ketones is 1. The average molecular weight is 456 g/mol. The van der Waals surface area contributed by atoms with Crippen molar-refractivity contribution in [2.75, 3.05) is 34.4 Å².